The maximum absolute atomic E-state index is 12.1. The molecule has 0 spiro atoms. The number of aliphatic hydroxyl groups excluding tert-OH is 1. The molecule has 2 amide bonds. The number of hydrogen-bond donors (Lipinski definition) is 1. The predicted molar refractivity (Wildman–Crippen MR) is 67.6 cm³/mol. The smallest absolute Gasteiger partial charge is 0.232 e. The van der Waals surface area contributed by atoms with Gasteiger partial charge in [0.05, 0.1) is 12.6 Å². The molecule has 3 atom stereocenters. The minimum Gasteiger partial charge on any atom is -0.391 e. The van der Waals surface area contributed by atoms with Gasteiger partial charge in [0.1, 0.15) is 0 Å². The number of imide groups is 1. The van der Waals surface area contributed by atoms with Gasteiger partial charge in [0.2, 0.25) is 11.8 Å². The molecule has 2 rings (SSSR count). The number of aliphatic hydroxyl groups is 1. The van der Waals surface area contributed by atoms with Crippen molar-refractivity contribution in [2.75, 3.05) is 6.54 Å². The summed E-state index contributed by atoms with van der Waals surface area (Å²) in [6.45, 7) is 6.29. The Labute approximate surface area is 108 Å². The van der Waals surface area contributed by atoms with Crippen LogP contribution in [0, 0.1) is 17.3 Å². The van der Waals surface area contributed by atoms with Gasteiger partial charge < -0.3 is 5.11 Å². The van der Waals surface area contributed by atoms with E-state index in [0.717, 1.165) is 19.3 Å². The average molecular weight is 253 g/mol. The minimum absolute atomic E-state index is 0.000279. The number of piperidine rings is 1. The highest BCUT2D eigenvalue weighted by molar-refractivity contribution is 6.00. The summed E-state index contributed by atoms with van der Waals surface area (Å²) in [5.74, 6) is -0.0903. The number of rotatable bonds is 3. The highest BCUT2D eigenvalue weighted by Crippen LogP contribution is 2.38. The van der Waals surface area contributed by atoms with E-state index in [0.29, 0.717) is 6.42 Å². The first kappa shape index (κ1) is 13.5. The van der Waals surface area contributed by atoms with Gasteiger partial charge in [-0.2, -0.15) is 0 Å². The van der Waals surface area contributed by atoms with Crippen molar-refractivity contribution in [1.82, 2.24) is 4.90 Å². The molecule has 0 radical (unpaired) electrons. The monoisotopic (exact) mass is 253 g/mol. The molecule has 1 saturated heterocycles. The molecule has 0 aromatic rings. The lowest BCUT2D eigenvalue weighted by molar-refractivity contribution is -0.154. The summed E-state index contributed by atoms with van der Waals surface area (Å²) in [5, 5.41) is 10.0. The lowest BCUT2D eigenvalue weighted by Crippen LogP contribution is -2.49. The molecule has 4 heteroatoms. The van der Waals surface area contributed by atoms with Gasteiger partial charge in [-0.15, -0.1) is 0 Å². The van der Waals surface area contributed by atoms with Gasteiger partial charge in [0.15, 0.2) is 0 Å². The van der Waals surface area contributed by atoms with Crippen LogP contribution in [0.15, 0.2) is 0 Å². The molecule has 2 fully saturated rings. The molecule has 1 aliphatic carbocycles. The molecule has 2 aliphatic rings. The van der Waals surface area contributed by atoms with Crippen LogP contribution in [0.3, 0.4) is 0 Å². The van der Waals surface area contributed by atoms with E-state index in [9.17, 15) is 14.7 Å². The maximum atomic E-state index is 12.1. The van der Waals surface area contributed by atoms with Crippen LogP contribution >= 0.6 is 0 Å². The summed E-state index contributed by atoms with van der Waals surface area (Å²) in [7, 11) is 0. The first-order valence-corrected chi connectivity index (χ1v) is 6.81. The average Bonchev–Trinajstić information content (AvgIpc) is 2.66. The van der Waals surface area contributed by atoms with Gasteiger partial charge in [-0.05, 0) is 31.1 Å². The molecule has 1 saturated carbocycles. The number of fused-ring (bicyclic) bond motifs is 2. The number of hydrogen-bond acceptors (Lipinski definition) is 3. The zero-order valence-corrected chi connectivity index (χ0v) is 11.5. The molecule has 18 heavy (non-hydrogen) atoms. The summed E-state index contributed by atoms with van der Waals surface area (Å²) in [6.07, 6.45) is 2.38. The van der Waals surface area contributed by atoms with Gasteiger partial charge in [0.25, 0.3) is 0 Å². The lowest BCUT2D eigenvalue weighted by atomic mass is 9.88. The number of amides is 2. The van der Waals surface area contributed by atoms with Crippen LogP contribution in [0.5, 0.6) is 0 Å². The quantitative estimate of drug-likeness (QED) is 0.777. The Morgan fingerprint density at radius 3 is 2.17 bits per heavy atom. The molecule has 102 valence electrons. The second kappa shape index (κ2) is 4.65. The van der Waals surface area contributed by atoms with Crippen molar-refractivity contribution < 1.29 is 14.7 Å². The number of β-amino-alcohol motifs (C(OH)–C–C–N with tert-alkyl or cyclic N) is 1. The lowest BCUT2D eigenvalue weighted by Gasteiger charge is -2.32. The zero-order valence-electron chi connectivity index (χ0n) is 11.5. The van der Waals surface area contributed by atoms with Crippen LogP contribution in [0.2, 0.25) is 0 Å². The second-order valence-corrected chi connectivity index (χ2v) is 6.91. The summed E-state index contributed by atoms with van der Waals surface area (Å²) < 4.78 is 0. The molecule has 1 N–H and O–H groups in total. The van der Waals surface area contributed by atoms with Crippen LogP contribution < -0.4 is 0 Å². The van der Waals surface area contributed by atoms with Gasteiger partial charge in [-0.3, -0.25) is 14.5 Å². The second-order valence-electron chi connectivity index (χ2n) is 6.91. The summed E-state index contributed by atoms with van der Waals surface area (Å²) in [5.41, 5.74) is 0.000279. The van der Waals surface area contributed by atoms with E-state index < -0.39 is 6.10 Å². The Morgan fingerprint density at radius 1 is 1.22 bits per heavy atom. The zero-order chi connectivity index (χ0) is 13.5. The Bertz CT molecular complexity index is 337. The van der Waals surface area contributed by atoms with E-state index in [1.807, 2.05) is 20.8 Å². The molecule has 0 aromatic carbocycles. The van der Waals surface area contributed by atoms with E-state index in [-0.39, 0.29) is 35.6 Å². The van der Waals surface area contributed by atoms with Crippen molar-refractivity contribution in [3.8, 4) is 0 Å². The van der Waals surface area contributed by atoms with Crippen LogP contribution in [-0.2, 0) is 9.59 Å². The maximum Gasteiger partial charge on any atom is 0.232 e. The summed E-state index contributed by atoms with van der Waals surface area (Å²) in [6, 6.07) is 0. The Morgan fingerprint density at radius 2 is 1.72 bits per heavy atom. The molecular weight excluding hydrogens is 230 g/mol. The first-order valence-electron chi connectivity index (χ1n) is 6.81. The molecule has 2 bridgehead atoms. The normalized spacial score (nSPS) is 29.9. The standard InChI is InChI=1S/C14H23NO3/c1-14(2,3)7-11(16)8-15-12(17)9-4-5-10(6-9)13(15)18/h9-11,16H,4-8H2,1-3H3. The van der Waals surface area contributed by atoms with Gasteiger partial charge in [0, 0.05) is 11.8 Å². The van der Waals surface area contributed by atoms with Crippen molar-refractivity contribution in [2.24, 2.45) is 17.3 Å². The first-order chi connectivity index (χ1) is 8.28. The number of carbonyl (C=O) groups is 2. The van der Waals surface area contributed by atoms with Crippen molar-refractivity contribution >= 4 is 11.8 Å². The third-order valence-electron chi connectivity index (χ3n) is 3.90. The van der Waals surface area contributed by atoms with Gasteiger partial charge in [-0.1, -0.05) is 20.8 Å². The molecular formula is C14H23NO3. The SMILES string of the molecule is CC(C)(C)CC(O)CN1C(=O)C2CCC(C2)C1=O. The largest absolute Gasteiger partial charge is 0.391 e. The molecule has 3 unspecified atom stereocenters. The molecule has 0 aromatic heterocycles. The van der Waals surface area contributed by atoms with Crippen LogP contribution in [-0.4, -0.2) is 34.5 Å². The molecule has 1 aliphatic heterocycles. The van der Waals surface area contributed by atoms with E-state index in [1.165, 1.54) is 4.90 Å². The van der Waals surface area contributed by atoms with E-state index >= 15 is 0 Å². The fraction of sp³-hybridized carbons (Fsp3) is 0.857. The third kappa shape index (κ3) is 2.74. The van der Waals surface area contributed by atoms with Crippen molar-refractivity contribution in [2.45, 2.75) is 52.6 Å². The third-order valence-corrected chi connectivity index (χ3v) is 3.90. The highest BCUT2D eigenvalue weighted by atomic mass is 16.3. The Hall–Kier alpha value is -0.900. The number of carbonyl (C=O) groups excluding carboxylic acids is 2. The molecule has 1 heterocycles. The predicted octanol–water partition coefficient (Wildman–Crippen LogP) is 1.57. The number of likely N-dealkylation sites (tertiary alicyclic amines) is 1. The molecule has 4 nitrogen and oxygen atoms in total. The number of nitrogens with zero attached hydrogens (tertiary/aromatic N) is 1. The van der Waals surface area contributed by atoms with E-state index in [2.05, 4.69) is 0 Å². The van der Waals surface area contributed by atoms with Crippen LogP contribution in [0.1, 0.15) is 46.5 Å². The van der Waals surface area contributed by atoms with E-state index in [4.69, 9.17) is 0 Å². The minimum atomic E-state index is -0.615. The van der Waals surface area contributed by atoms with Crippen LogP contribution in [0.4, 0.5) is 0 Å². The van der Waals surface area contributed by atoms with Crippen molar-refractivity contribution in [3.05, 3.63) is 0 Å². The van der Waals surface area contributed by atoms with Crippen molar-refractivity contribution in [3.63, 3.8) is 0 Å². The van der Waals surface area contributed by atoms with Crippen LogP contribution in [0.25, 0.3) is 0 Å². The highest BCUT2D eigenvalue weighted by Gasteiger charge is 2.45. The Balaban J connectivity index is 2.00. The van der Waals surface area contributed by atoms with E-state index in [1.54, 1.807) is 0 Å². The van der Waals surface area contributed by atoms with Gasteiger partial charge in [-0.25, -0.2) is 0 Å². The summed E-state index contributed by atoms with van der Waals surface area (Å²) in [4.78, 5) is 25.5. The van der Waals surface area contributed by atoms with Gasteiger partial charge >= 0.3 is 0 Å². The topological polar surface area (TPSA) is 57.6 Å². The fourth-order valence-electron chi connectivity index (χ4n) is 3.14. The fourth-order valence-corrected chi connectivity index (χ4v) is 3.14. The van der Waals surface area contributed by atoms with Crippen molar-refractivity contribution in [1.29, 1.82) is 0 Å². The Kier molecular flexibility index (Phi) is 3.49. The summed E-state index contributed by atoms with van der Waals surface area (Å²) >= 11 is 0.